The van der Waals surface area contributed by atoms with Crippen molar-refractivity contribution in [3.8, 4) is 0 Å². The van der Waals surface area contributed by atoms with Crippen LogP contribution in [0.3, 0.4) is 0 Å². The first-order valence-electron chi connectivity index (χ1n) is 8.93. The third-order valence-corrected chi connectivity index (χ3v) is 7.29. The summed E-state index contributed by atoms with van der Waals surface area (Å²) in [6.07, 6.45) is 2.88. The van der Waals surface area contributed by atoms with Crippen molar-refractivity contribution in [3.05, 3.63) is 28.3 Å². The molecule has 23 heavy (non-hydrogen) atoms. The fourth-order valence-corrected chi connectivity index (χ4v) is 6.11. The zero-order valence-corrected chi connectivity index (χ0v) is 17.0. The lowest BCUT2D eigenvalue weighted by Crippen LogP contribution is -2.59. The summed E-state index contributed by atoms with van der Waals surface area (Å²) in [5.41, 5.74) is 5.11. The summed E-state index contributed by atoms with van der Waals surface area (Å²) in [5, 5.41) is 1.18. The van der Waals surface area contributed by atoms with Crippen molar-refractivity contribution in [2.45, 2.75) is 67.7 Å². The fraction of sp³-hybridized carbons (Fsp3) is 0.684. The minimum atomic E-state index is -2.88. The lowest BCUT2D eigenvalue weighted by Gasteiger charge is -2.33. The standard InChI is InChI=1S/C19H34O3Si/c1-8-11-20-23(21-12-9-2,22-13-10-3)19-16(5)14-15(4)17(6)18(19)7/h14H,8-13H2,1-7H3. The summed E-state index contributed by atoms with van der Waals surface area (Å²) in [6, 6.07) is 2.24. The highest BCUT2D eigenvalue weighted by Gasteiger charge is 2.46. The number of hydrogen-bond acceptors (Lipinski definition) is 3. The van der Waals surface area contributed by atoms with Gasteiger partial charge in [0.2, 0.25) is 0 Å². The Labute approximate surface area is 143 Å². The third kappa shape index (κ3) is 4.89. The van der Waals surface area contributed by atoms with E-state index in [1.54, 1.807) is 0 Å². The number of benzene rings is 1. The van der Waals surface area contributed by atoms with Gasteiger partial charge in [0.05, 0.1) is 0 Å². The second-order valence-corrected chi connectivity index (χ2v) is 8.72. The predicted molar refractivity (Wildman–Crippen MR) is 99.5 cm³/mol. The van der Waals surface area contributed by atoms with E-state index in [2.05, 4.69) is 54.5 Å². The third-order valence-electron chi connectivity index (χ3n) is 4.15. The lowest BCUT2D eigenvalue weighted by molar-refractivity contribution is 0.0729. The van der Waals surface area contributed by atoms with Gasteiger partial charge >= 0.3 is 8.80 Å². The quantitative estimate of drug-likeness (QED) is 0.594. The Kier molecular flexibility index (Phi) is 8.48. The largest absolute Gasteiger partial charge is 0.537 e. The molecule has 0 fully saturated rings. The van der Waals surface area contributed by atoms with Gasteiger partial charge < -0.3 is 13.3 Å². The van der Waals surface area contributed by atoms with Crippen molar-refractivity contribution in [3.63, 3.8) is 0 Å². The van der Waals surface area contributed by atoms with Crippen molar-refractivity contribution in [1.82, 2.24) is 0 Å². The lowest BCUT2D eigenvalue weighted by atomic mass is 10.0. The molecule has 0 saturated carbocycles. The van der Waals surface area contributed by atoms with Crippen molar-refractivity contribution in [2.75, 3.05) is 19.8 Å². The molecular weight excluding hydrogens is 304 g/mol. The molecule has 0 spiro atoms. The molecule has 132 valence electrons. The maximum absolute atomic E-state index is 6.32. The zero-order valence-electron chi connectivity index (χ0n) is 16.0. The first-order chi connectivity index (χ1) is 10.9. The Balaban J connectivity index is 3.43. The average Bonchev–Trinajstić information content (AvgIpc) is 2.53. The van der Waals surface area contributed by atoms with Crippen molar-refractivity contribution >= 4 is 14.0 Å². The Bertz CT molecular complexity index is 478. The monoisotopic (exact) mass is 338 g/mol. The highest BCUT2D eigenvalue weighted by molar-refractivity contribution is 6.76. The first kappa shape index (κ1) is 20.4. The molecule has 1 aromatic carbocycles. The van der Waals surface area contributed by atoms with Crippen molar-refractivity contribution < 1.29 is 13.3 Å². The molecule has 0 aliphatic heterocycles. The Morgan fingerprint density at radius 1 is 0.696 bits per heavy atom. The summed E-state index contributed by atoms with van der Waals surface area (Å²) >= 11 is 0. The summed E-state index contributed by atoms with van der Waals surface area (Å²) < 4.78 is 19.0. The molecule has 0 aliphatic rings. The number of aryl methyl sites for hydroxylation is 2. The van der Waals surface area contributed by atoms with Gasteiger partial charge in [0, 0.05) is 25.0 Å². The highest BCUT2D eigenvalue weighted by atomic mass is 28.4. The number of hydrogen-bond donors (Lipinski definition) is 0. The van der Waals surface area contributed by atoms with Crippen LogP contribution in [0.1, 0.15) is 62.3 Å². The van der Waals surface area contributed by atoms with Gasteiger partial charge in [-0.1, -0.05) is 26.8 Å². The van der Waals surface area contributed by atoms with E-state index >= 15 is 0 Å². The van der Waals surface area contributed by atoms with E-state index in [-0.39, 0.29) is 0 Å². The minimum Gasteiger partial charge on any atom is -0.370 e. The van der Waals surface area contributed by atoms with Gasteiger partial charge in [-0.05, 0) is 69.2 Å². The molecule has 0 amide bonds. The minimum absolute atomic E-state index is 0.672. The topological polar surface area (TPSA) is 27.7 Å². The van der Waals surface area contributed by atoms with Gasteiger partial charge in [-0.15, -0.1) is 0 Å². The van der Waals surface area contributed by atoms with Crippen LogP contribution in [0.25, 0.3) is 0 Å². The molecule has 1 aromatic rings. The van der Waals surface area contributed by atoms with Crippen LogP contribution in [0, 0.1) is 27.7 Å². The van der Waals surface area contributed by atoms with E-state index in [0.717, 1.165) is 19.3 Å². The molecular formula is C19H34O3Si. The first-order valence-corrected chi connectivity index (χ1v) is 10.7. The second-order valence-electron chi connectivity index (χ2n) is 6.24. The van der Waals surface area contributed by atoms with Crippen molar-refractivity contribution in [1.29, 1.82) is 0 Å². The molecule has 0 N–H and O–H groups in total. The van der Waals surface area contributed by atoms with Gasteiger partial charge in [-0.2, -0.15) is 0 Å². The van der Waals surface area contributed by atoms with Crippen LogP contribution in [-0.4, -0.2) is 28.6 Å². The molecule has 0 aliphatic carbocycles. The zero-order chi connectivity index (χ0) is 17.5. The van der Waals surface area contributed by atoms with E-state index in [1.807, 2.05) is 0 Å². The molecule has 3 nitrogen and oxygen atoms in total. The predicted octanol–water partition coefficient (Wildman–Crippen LogP) is 4.35. The highest BCUT2D eigenvalue weighted by Crippen LogP contribution is 2.21. The van der Waals surface area contributed by atoms with Crippen molar-refractivity contribution in [2.24, 2.45) is 0 Å². The molecule has 0 atom stereocenters. The molecule has 0 unspecified atom stereocenters. The van der Waals surface area contributed by atoms with Gasteiger partial charge in [0.1, 0.15) is 0 Å². The second kappa shape index (κ2) is 9.57. The van der Waals surface area contributed by atoms with E-state index in [0.29, 0.717) is 19.8 Å². The molecule has 0 saturated heterocycles. The van der Waals surface area contributed by atoms with Gasteiger partial charge in [0.25, 0.3) is 0 Å². The molecule has 4 heteroatoms. The van der Waals surface area contributed by atoms with Crippen LogP contribution in [0.2, 0.25) is 0 Å². The summed E-state index contributed by atoms with van der Waals surface area (Å²) in [7, 11) is -2.88. The molecule has 1 rings (SSSR count). The molecule has 0 radical (unpaired) electrons. The van der Waals surface area contributed by atoms with Crippen LogP contribution in [-0.2, 0) is 13.3 Å². The van der Waals surface area contributed by atoms with Crippen LogP contribution in [0.5, 0.6) is 0 Å². The molecule has 0 bridgehead atoms. The van der Waals surface area contributed by atoms with Gasteiger partial charge in [-0.25, -0.2) is 0 Å². The van der Waals surface area contributed by atoms with Crippen LogP contribution in [0.15, 0.2) is 6.07 Å². The van der Waals surface area contributed by atoms with Gasteiger partial charge in [0.15, 0.2) is 0 Å². The maximum Gasteiger partial charge on any atom is 0.537 e. The van der Waals surface area contributed by atoms with E-state index in [1.165, 1.54) is 27.4 Å². The Morgan fingerprint density at radius 2 is 1.13 bits per heavy atom. The van der Waals surface area contributed by atoms with E-state index in [4.69, 9.17) is 13.3 Å². The Morgan fingerprint density at radius 3 is 1.52 bits per heavy atom. The molecule has 0 heterocycles. The Hall–Kier alpha value is -0.683. The van der Waals surface area contributed by atoms with E-state index < -0.39 is 8.80 Å². The summed E-state index contributed by atoms with van der Waals surface area (Å²) in [4.78, 5) is 0. The maximum atomic E-state index is 6.32. The number of rotatable bonds is 10. The van der Waals surface area contributed by atoms with Gasteiger partial charge in [-0.3, -0.25) is 0 Å². The fourth-order valence-electron chi connectivity index (χ4n) is 2.81. The van der Waals surface area contributed by atoms with Crippen LogP contribution < -0.4 is 5.19 Å². The SMILES string of the molecule is CCCO[Si](OCCC)(OCCC)c1c(C)cc(C)c(C)c1C. The van der Waals surface area contributed by atoms with Crippen LogP contribution in [0.4, 0.5) is 0 Å². The summed E-state index contributed by atoms with van der Waals surface area (Å²) in [5.74, 6) is 0. The molecule has 0 aromatic heterocycles. The smallest absolute Gasteiger partial charge is 0.370 e. The normalized spacial score (nSPS) is 12.0. The van der Waals surface area contributed by atoms with E-state index in [9.17, 15) is 0 Å². The van der Waals surface area contributed by atoms with Crippen LogP contribution >= 0.6 is 0 Å². The summed E-state index contributed by atoms with van der Waals surface area (Å²) in [6.45, 7) is 17.0. The average molecular weight is 339 g/mol.